The average molecular weight is 413 g/mol. The minimum absolute atomic E-state index is 0.0421. The molecule has 0 saturated heterocycles. The number of aromatic nitrogens is 1. The molecule has 7 nitrogen and oxygen atoms in total. The molecule has 0 radical (unpaired) electrons. The zero-order valence-electron chi connectivity index (χ0n) is 14.9. The van der Waals surface area contributed by atoms with Crippen molar-refractivity contribution in [2.24, 2.45) is 0 Å². The quantitative estimate of drug-likeness (QED) is 0.553. The number of carbonyl (C=O) groups is 2. The van der Waals surface area contributed by atoms with Crippen LogP contribution in [0.3, 0.4) is 0 Å². The summed E-state index contributed by atoms with van der Waals surface area (Å²) in [6.45, 7) is 0. The lowest BCUT2D eigenvalue weighted by atomic mass is 10.0. The number of carbonyl (C=O) groups excluding carboxylic acids is 2. The summed E-state index contributed by atoms with van der Waals surface area (Å²) in [7, 11) is 4.27. The van der Waals surface area contributed by atoms with E-state index in [0.717, 1.165) is 0 Å². The van der Waals surface area contributed by atoms with E-state index >= 15 is 0 Å². The maximum Gasteiger partial charge on any atom is 0.307 e. The van der Waals surface area contributed by atoms with Crippen molar-refractivity contribution >= 4 is 35.1 Å². The van der Waals surface area contributed by atoms with Gasteiger partial charge in [-0.15, -0.1) is 0 Å². The van der Waals surface area contributed by atoms with Crippen LogP contribution in [0, 0.1) is 0 Å². The number of hydrogen-bond donors (Lipinski definition) is 1. The molecule has 9 heteroatoms. The van der Waals surface area contributed by atoms with Crippen molar-refractivity contribution < 1.29 is 23.8 Å². The van der Waals surface area contributed by atoms with Crippen molar-refractivity contribution in [3.63, 3.8) is 0 Å². The Morgan fingerprint density at radius 3 is 2.41 bits per heavy atom. The molecule has 1 N–H and O–H groups in total. The Balaban J connectivity index is 2.36. The molecule has 27 heavy (non-hydrogen) atoms. The van der Waals surface area contributed by atoms with Gasteiger partial charge in [0.05, 0.1) is 38.8 Å². The van der Waals surface area contributed by atoms with Crippen LogP contribution in [-0.4, -0.2) is 38.2 Å². The second-order valence-electron chi connectivity index (χ2n) is 5.39. The molecule has 0 spiro atoms. The predicted molar refractivity (Wildman–Crippen MR) is 101 cm³/mol. The van der Waals surface area contributed by atoms with Gasteiger partial charge in [-0.05, 0) is 29.8 Å². The van der Waals surface area contributed by atoms with Crippen LogP contribution in [0.25, 0.3) is 0 Å². The molecule has 1 atom stereocenters. The predicted octanol–water partition coefficient (Wildman–Crippen LogP) is 3.44. The summed E-state index contributed by atoms with van der Waals surface area (Å²) in [6, 6.07) is 7.29. The second-order valence-corrected chi connectivity index (χ2v) is 6.18. The van der Waals surface area contributed by atoms with Crippen molar-refractivity contribution in [2.75, 3.05) is 21.3 Å². The lowest BCUT2D eigenvalue weighted by Gasteiger charge is -2.20. The molecular weight excluding hydrogens is 395 g/mol. The Hall–Kier alpha value is -2.51. The number of halogens is 2. The Bertz CT molecular complexity index is 844. The molecule has 0 aliphatic rings. The fraction of sp³-hybridized carbons (Fsp3) is 0.278. The highest BCUT2D eigenvalue weighted by Crippen LogP contribution is 2.31. The lowest BCUT2D eigenvalue weighted by Crippen LogP contribution is -2.31. The van der Waals surface area contributed by atoms with Gasteiger partial charge >= 0.3 is 5.97 Å². The maximum atomic E-state index is 12.6. The van der Waals surface area contributed by atoms with Gasteiger partial charge in [-0.3, -0.25) is 9.59 Å². The van der Waals surface area contributed by atoms with E-state index in [1.807, 2.05) is 0 Å². The van der Waals surface area contributed by atoms with Gasteiger partial charge < -0.3 is 19.5 Å². The van der Waals surface area contributed by atoms with Gasteiger partial charge in [0, 0.05) is 0 Å². The van der Waals surface area contributed by atoms with E-state index in [1.165, 1.54) is 33.5 Å². The number of ether oxygens (including phenoxy) is 3. The van der Waals surface area contributed by atoms with Crippen molar-refractivity contribution in [2.45, 2.75) is 12.5 Å². The Morgan fingerprint density at radius 1 is 1.07 bits per heavy atom. The molecule has 0 aliphatic heterocycles. The monoisotopic (exact) mass is 412 g/mol. The summed E-state index contributed by atoms with van der Waals surface area (Å²) in [5.74, 6) is -0.103. The maximum absolute atomic E-state index is 12.6. The van der Waals surface area contributed by atoms with Gasteiger partial charge in [-0.1, -0.05) is 29.3 Å². The van der Waals surface area contributed by atoms with Crippen LogP contribution in [0.2, 0.25) is 10.2 Å². The number of methoxy groups -OCH3 is 3. The molecule has 2 aromatic rings. The van der Waals surface area contributed by atoms with Gasteiger partial charge in [-0.25, -0.2) is 4.98 Å². The van der Waals surface area contributed by atoms with Crippen molar-refractivity contribution in [3.8, 4) is 11.5 Å². The molecule has 1 amide bonds. The second kappa shape index (κ2) is 9.43. The molecule has 2 rings (SSSR count). The highest BCUT2D eigenvalue weighted by atomic mass is 35.5. The summed E-state index contributed by atoms with van der Waals surface area (Å²) in [6.07, 6.45) is -0.101. The summed E-state index contributed by atoms with van der Waals surface area (Å²) >= 11 is 11.9. The van der Waals surface area contributed by atoms with Crippen LogP contribution < -0.4 is 14.8 Å². The van der Waals surface area contributed by atoms with Gasteiger partial charge in [0.15, 0.2) is 11.5 Å². The SMILES string of the molecule is COC(=O)CC(NC(=O)c1nc(Cl)ccc1Cl)c1ccc(OC)c(OC)c1. The standard InChI is InChI=1S/C18H18Cl2N2O5/c1-25-13-6-4-10(8-14(13)26-2)12(9-16(23)27-3)21-18(24)17-11(19)5-7-15(20)22-17/h4-8,12H,9H2,1-3H3,(H,21,24). The number of esters is 1. The molecule has 1 aromatic heterocycles. The van der Waals surface area contributed by atoms with E-state index in [0.29, 0.717) is 17.1 Å². The van der Waals surface area contributed by atoms with E-state index in [1.54, 1.807) is 18.2 Å². The Morgan fingerprint density at radius 2 is 1.78 bits per heavy atom. The van der Waals surface area contributed by atoms with Gasteiger partial charge in [0.25, 0.3) is 5.91 Å². The van der Waals surface area contributed by atoms with E-state index in [9.17, 15) is 9.59 Å². The third-order valence-electron chi connectivity index (χ3n) is 3.74. The molecule has 1 unspecified atom stereocenters. The minimum Gasteiger partial charge on any atom is -0.493 e. The van der Waals surface area contributed by atoms with Gasteiger partial charge in [0.1, 0.15) is 10.8 Å². The average Bonchev–Trinajstić information content (AvgIpc) is 2.68. The molecule has 1 aromatic carbocycles. The number of pyridine rings is 1. The number of hydrogen-bond acceptors (Lipinski definition) is 6. The van der Waals surface area contributed by atoms with E-state index in [2.05, 4.69) is 10.3 Å². The van der Waals surface area contributed by atoms with E-state index in [4.69, 9.17) is 37.4 Å². The van der Waals surface area contributed by atoms with Gasteiger partial charge in [-0.2, -0.15) is 0 Å². The van der Waals surface area contributed by atoms with E-state index < -0.39 is 17.9 Å². The number of amides is 1. The largest absolute Gasteiger partial charge is 0.493 e. The first-order valence-corrected chi connectivity index (χ1v) is 8.56. The third kappa shape index (κ3) is 5.24. The zero-order chi connectivity index (χ0) is 20.0. The van der Waals surface area contributed by atoms with Crippen LogP contribution in [0.5, 0.6) is 11.5 Å². The fourth-order valence-electron chi connectivity index (χ4n) is 2.38. The summed E-state index contributed by atoms with van der Waals surface area (Å²) in [5.41, 5.74) is 0.573. The van der Waals surface area contributed by atoms with Crippen LogP contribution in [-0.2, 0) is 9.53 Å². The molecular formula is C18H18Cl2N2O5. The van der Waals surface area contributed by atoms with Crippen LogP contribution >= 0.6 is 23.2 Å². The number of rotatable bonds is 7. The van der Waals surface area contributed by atoms with Crippen molar-refractivity contribution in [1.29, 1.82) is 0 Å². The normalized spacial score (nSPS) is 11.4. The molecule has 0 saturated carbocycles. The highest BCUT2D eigenvalue weighted by molar-refractivity contribution is 6.34. The highest BCUT2D eigenvalue weighted by Gasteiger charge is 2.23. The number of benzene rings is 1. The first kappa shape index (κ1) is 20.8. The smallest absolute Gasteiger partial charge is 0.307 e. The number of nitrogens with zero attached hydrogens (tertiary/aromatic N) is 1. The molecule has 0 fully saturated rings. The summed E-state index contributed by atoms with van der Waals surface area (Å²) < 4.78 is 15.2. The molecule has 1 heterocycles. The lowest BCUT2D eigenvalue weighted by molar-refractivity contribution is -0.141. The Labute approximate surface area is 166 Å². The summed E-state index contributed by atoms with van der Waals surface area (Å²) in [4.78, 5) is 28.4. The van der Waals surface area contributed by atoms with Crippen LogP contribution in [0.4, 0.5) is 0 Å². The van der Waals surface area contributed by atoms with Crippen LogP contribution in [0.1, 0.15) is 28.5 Å². The fourth-order valence-corrected chi connectivity index (χ4v) is 2.71. The zero-order valence-corrected chi connectivity index (χ0v) is 16.4. The first-order chi connectivity index (χ1) is 12.9. The van der Waals surface area contributed by atoms with E-state index in [-0.39, 0.29) is 22.3 Å². The number of nitrogens with one attached hydrogen (secondary N) is 1. The molecule has 0 aliphatic carbocycles. The molecule has 0 bridgehead atoms. The topological polar surface area (TPSA) is 86.8 Å². The summed E-state index contributed by atoms with van der Waals surface area (Å²) in [5, 5.41) is 2.99. The molecule has 144 valence electrons. The Kier molecular flexibility index (Phi) is 7.27. The van der Waals surface area contributed by atoms with Crippen molar-refractivity contribution in [1.82, 2.24) is 10.3 Å². The van der Waals surface area contributed by atoms with Crippen molar-refractivity contribution in [3.05, 3.63) is 51.8 Å². The minimum atomic E-state index is -0.707. The van der Waals surface area contributed by atoms with Crippen LogP contribution in [0.15, 0.2) is 30.3 Å². The van der Waals surface area contributed by atoms with Gasteiger partial charge in [0.2, 0.25) is 0 Å². The third-order valence-corrected chi connectivity index (χ3v) is 4.26. The first-order valence-electron chi connectivity index (χ1n) is 7.81.